The van der Waals surface area contributed by atoms with Crippen molar-refractivity contribution in [2.24, 2.45) is 0 Å². The molecule has 2 aromatic rings. The Balaban J connectivity index is 1.73. The fraction of sp³-hybridized carbons (Fsp3) is 0.368. The fourth-order valence-corrected chi connectivity index (χ4v) is 4.27. The molecule has 3 rings (SSSR count). The number of urea groups is 1. The lowest BCUT2D eigenvalue weighted by Crippen LogP contribution is -2.28. The van der Waals surface area contributed by atoms with E-state index >= 15 is 0 Å². The van der Waals surface area contributed by atoms with Crippen LogP contribution in [0.2, 0.25) is 0 Å². The average Bonchev–Trinajstić information content (AvgIpc) is 2.99. The second-order valence-electron chi connectivity index (χ2n) is 5.93. The summed E-state index contributed by atoms with van der Waals surface area (Å²) in [4.78, 5) is 25.8. The number of rotatable bonds is 5. The maximum absolute atomic E-state index is 12.4. The largest absolute Gasteiger partial charge is 0.462 e. The molecule has 1 aliphatic carbocycles. The molecule has 0 atom stereocenters. The summed E-state index contributed by atoms with van der Waals surface area (Å²) in [6.07, 6.45) is 4.01. The number of amides is 2. The minimum Gasteiger partial charge on any atom is -0.462 e. The topological polar surface area (TPSA) is 67.4 Å². The highest BCUT2D eigenvalue weighted by molar-refractivity contribution is 7.17. The van der Waals surface area contributed by atoms with Crippen LogP contribution in [0, 0.1) is 0 Å². The van der Waals surface area contributed by atoms with Gasteiger partial charge in [0.05, 0.1) is 12.2 Å². The number of carbonyl (C=O) groups is 2. The first-order valence-corrected chi connectivity index (χ1v) is 9.41. The summed E-state index contributed by atoms with van der Waals surface area (Å²) in [5, 5.41) is 6.27. The van der Waals surface area contributed by atoms with E-state index in [1.54, 1.807) is 6.92 Å². The van der Waals surface area contributed by atoms with E-state index in [1.807, 2.05) is 30.3 Å². The van der Waals surface area contributed by atoms with Gasteiger partial charge in [-0.3, -0.25) is 5.32 Å². The van der Waals surface area contributed by atoms with Gasteiger partial charge in [-0.05, 0) is 43.7 Å². The Kier molecular flexibility index (Phi) is 5.71. The summed E-state index contributed by atoms with van der Waals surface area (Å²) in [6.45, 7) is 2.55. The second kappa shape index (κ2) is 8.16. The normalized spacial score (nSPS) is 13.0. The standard InChI is InChI=1S/C19H22N2O3S/c1-2-24-18(22)16-14-10-6-7-11-15(14)25-17(16)21-19(23)20-12-13-8-4-3-5-9-13/h3-5,8-9H,2,6-7,10-12H2,1H3,(H2,20,21,23). The van der Waals surface area contributed by atoms with Gasteiger partial charge in [0.2, 0.25) is 0 Å². The van der Waals surface area contributed by atoms with Crippen molar-refractivity contribution in [1.82, 2.24) is 5.32 Å². The fourth-order valence-electron chi connectivity index (χ4n) is 3.00. The molecule has 0 radical (unpaired) electrons. The molecule has 0 saturated heterocycles. The Labute approximate surface area is 151 Å². The smallest absolute Gasteiger partial charge is 0.341 e. The molecule has 1 heterocycles. The molecule has 1 aromatic carbocycles. The second-order valence-corrected chi connectivity index (χ2v) is 7.03. The average molecular weight is 358 g/mol. The van der Waals surface area contributed by atoms with Gasteiger partial charge < -0.3 is 10.1 Å². The number of ether oxygens (including phenoxy) is 1. The summed E-state index contributed by atoms with van der Waals surface area (Å²) in [5.74, 6) is -0.347. The van der Waals surface area contributed by atoms with Crippen molar-refractivity contribution in [3.63, 3.8) is 0 Å². The van der Waals surface area contributed by atoms with Gasteiger partial charge in [0.25, 0.3) is 0 Å². The van der Waals surface area contributed by atoms with Gasteiger partial charge >= 0.3 is 12.0 Å². The molecule has 0 fully saturated rings. The number of esters is 1. The monoisotopic (exact) mass is 358 g/mol. The number of thiophene rings is 1. The summed E-state index contributed by atoms with van der Waals surface area (Å²) < 4.78 is 5.20. The quantitative estimate of drug-likeness (QED) is 0.790. The number of nitrogens with one attached hydrogen (secondary N) is 2. The maximum Gasteiger partial charge on any atom is 0.341 e. The first-order chi connectivity index (χ1) is 12.2. The molecule has 0 spiro atoms. The number of carbonyl (C=O) groups excluding carboxylic acids is 2. The zero-order chi connectivity index (χ0) is 17.6. The van der Waals surface area contributed by atoms with Crippen molar-refractivity contribution in [2.75, 3.05) is 11.9 Å². The molecular formula is C19H22N2O3S. The zero-order valence-electron chi connectivity index (χ0n) is 14.3. The van der Waals surface area contributed by atoms with Crippen molar-refractivity contribution in [3.05, 3.63) is 51.9 Å². The van der Waals surface area contributed by atoms with Gasteiger partial charge in [0, 0.05) is 11.4 Å². The van der Waals surface area contributed by atoms with E-state index in [9.17, 15) is 9.59 Å². The van der Waals surface area contributed by atoms with Crippen molar-refractivity contribution in [3.8, 4) is 0 Å². The summed E-state index contributed by atoms with van der Waals surface area (Å²) in [6, 6.07) is 9.39. The molecule has 132 valence electrons. The van der Waals surface area contributed by atoms with E-state index < -0.39 is 0 Å². The molecule has 0 unspecified atom stereocenters. The zero-order valence-corrected chi connectivity index (χ0v) is 15.1. The number of hydrogen-bond acceptors (Lipinski definition) is 4. The molecule has 6 heteroatoms. The highest BCUT2D eigenvalue weighted by atomic mass is 32.1. The third-order valence-electron chi connectivity index (χ3n) is 4.17. The van der Waals surface area contributed by atoms with E-state index in [0.717, 1.165) is 36.8 Å². The molecular weight excluding hydrogens is 336 g/mol. The van der Waals surface area contributed by atoms with Crippen molar-refractivity contribution >= 4 is 28.3 Å². The molecule has 0 saturated carbocycles. The van der Waals surface area contributed by atoms with Crippen LogP contribution in [0.1, 0.15) is 46.1 Å². The van der Waals surface area contributed by atoms with Crippen LogP contribution >= 0.6 is 11.3 Å². The van der Waals surface area contributed by atoms with Crippen LogP contribution in [0.15, 0.2) is 30.3 Å². The van der Waals surface area contributed by atoms with Gasteiger partial charge in [0.15, 0.2) is 0 Å². The minimum atomic E-state index is -0.347. The molecule has 5 nitrogen and oxygen atoms in total. The summed E-state index contributed by atoms with van der Waals surface area (Å²) >= 11 is 1.49. The van der Waals surface area contributed by atoms with Crippen LogP contribution < -0.4 is 10.6 Å². The van der Waals surface area contributed by atoms with Crippen LogP contribution in [-0.4, -0.2) is 18.6 Å². The lowest BCUT2D eigenvalue weighted by atomic mass is 9.95. The molecule has 2 amide bonds. The van der Waals surface area contributed by atoms with E-state index in [0.29, 0.717) is 23.7 Å². The highest BCUT2D eigenvalue weighted by Gasteiger charge is 2.27. The van der Waals surface area contributed by atoms with E-state index in [4.69, 9.17) is 4.74 Å². The first-order valence-electron chi connectivity index (χ1n) is 8.59. The molecule has 0 bridgehead atoms. The number of aryl methyl sites for hydroxylation is 1. The number of fused-ring (bicyclic) bond motifs is 1. The SMILES string of the molecule is CCOC(=O)c1c(NC(=O)NCc2ccccc2)sc2c1CCCC2. The third kappa shape index (κ3) is 4.20. The molecule has 1 aliphatic rings. The maximum atomic E-state index is 12.4. The van der Waals surface area contributed by atoms with E-state index in [2.05, 4.69) is 10.6 Å². The first kappa shape index (κ1) is 17.5. The van der Waals surface area contributed by atoms with Gasteiger partial charge in [-0.1, -0.05) is 30.3 Å². The Hall–Kier alpha value is -2.34. The van der Waals surface area contributed by atoms with Gasteiger partial charge in [-0.15, -0.1) is 11.3 Å². The summed E-state index contributed by atoms with van der Waals surface area (Å²) in [5.41, 5.74) is 2.61. The number of hydrogen-bond donors (Lipinski definition) is 2. The van der Waals surface area contributed by atoms with Crippen LogP contribution in [0.3, 0.4) is 0 Å². The van der Waals surface area contributed by atoms with Crippen molar-refractivity contribution in [1.29, 1.82) is 0 Å². The van der Waals surface area contributed by atoms with Gasteiger partial charge in [0.1, 0.15) is 5.00 Å². The lowest BCUT2D eigenvalue weighted by molar-refractivity contribution is 0.0526. The minimum absolute atomic E-state index is 0.312. The molecule has 0 aliphatic heterocycles. The van der Waals surface area contributed by atoms with Gasteiger partial charge in [-0.25, -0.2) is 9.59 Å². The predicted octanol–water partition coefficient (Wildman–Crippen LogP) is 4.13. The van der Waals surface area contributed by atoms with Crippen molar-refractivity contribution in [2.45, 2.75) is 39.2 Å². The van der Waals surface area contributed by atoms with Crippen LogP contribution in [0.4, 0.5) is 9.80 Å². The van der Waals surface area contributed by atoms with Crippen LogP contribution in [-0.2, 0) is 24.1 Å². The Morgan fingerprint density at radius 2 is 1.92 bits per heavy atom. The Bertz CT molecular complexity index is 756. The lowest BCUT2D eigenvalue weighted by Gasteiger charge is -2.12. The molecule has 2 N–H and O–H groups in total. The summed E-state index contributed by atoms with van der Waals surface area (Å²) in [7, 11) is 0. The van der Waals surface area contributed by atoms with Crippen LogP contribution in [0.5, 0.6) is 0 Å². The van der Waals surface area contributed by atoms with E-state index in [1.165, 1.54) is 16.2 Å². The van der Waals surface area contributed by atoms with Crippen LogP contribution in [0.25, 0.3) is 0 Å². The Morgan fingerprint density at radius 1 is 1.16 bits per heavy atom. The predicted molar refractivity (Wildman–Crippen MR) is 99.2 cm³/mol. The van der Waals surface area contributed by atoms with Crippen molar-refractivity contribution < 1.29 is 14.3 Å². The third-order valence-corrected chi connectivity index (χ3v) is 5.38. The Morgan fingerprint density at radius 3 is 2.68 bits per heavy atom. The van der Waals surface area contributed by atoms with Gasteiger partial charge in [-0.2, -0.15) is 0 Å². The van der Waals surface area contributed by atoms with E-state index in [-0.39, 0.29) is 12.0 Å². The number of benzene rings is 1. The molecule has 1 aromatic heterocycles. The number of anilines is 1. The highest BCUT2D eigenvalue weighted by Crippen LogP contribution is 2.38. The molecule has 25 heavy (non-hydrogen) atoms.